The van der Waals surface area contributed by atoms with Crippen molar-refractivity contribution in [3.05, 3.63) is 140 Å². The van der Waals surface area contributed by atoms with E-state index in [1.165, 1.54) is 10.6 Å². The summed E-state index contributed by atoms with van der Waals surface area (Å²) in [6.45, 7) is 3.61. The number of rotatable bonds is 4. The molecule has 0 aliphatic carbocycles. The van der Waals surface area contributed by atoms with Crippen LogP contribution in [-0.4, -0.2) is 29.6 Å². The van der Waals surface area contributed by atoms with Crippen molar-refractivity contribution in [1.29, 1.82) is 0 Å². The molecule has 0 saturated heterocycles. The molecule has 1 amide bonds. The molecule has 0 unspecified atom stereocenters. The van der Waals surface area contributed by atoms with Gasteiger partial charge in [0.05, 0.1) is 17.1 Å². The maximum atomic E-state index is 14.2. The molecule has 0 saturated carbocycles. The standard InChI is InChI=1S/C33H26N6O3/c1-21(35-32(41)29-22(2)36-38-18-8-17-34-31(29)38)27-19-25-10-7-9-24(15-13-23-14-16-28(40)37(3)20-23)30(25)33(42)39(27)26-11-5-4-6-12-26/h4-12,14,16-21H,1-3H3,(H,35,41)/t21-/m0/s1. The fourth-order valence-corrected chi connectivity index (χ4v) is 5.06. The molecular weight excluding hydrogens is 528 g/mol. The number of carbonyl (C=O) groups excluding carboxylic acids is 1. The third kappa shape index (κ3) is 4.75. The molecule has 4 heterocycles. The Bertz CT molecular complexity index is 2180. The quantitative estimate of drug-likeness (QED) is 0.333. The predicted molar refractivity (Wildman–Crippen MR) is 161 cm³/mol. The molecule has 0 aliphatic rings. The van der Waals surface area contributed by atoms with E-state index in [-0.39, 0.29) is 17.0 Å². The molecule has 1 atom stereocenters. The second kappa shape index (κ2) is 10.7. The Morgan fingerprint density at radius 1 is 0.976 bits per heavy atom. The summed E-state index contributed by atoms with van der Waals surface area (Å²) >= 11 is 0. The zero-order valence-electron chi connectivity index (χ0n) is 23.2. The molecule has 6 rings (SSSR count). The number of hydrogen-bond acceptors (Lipinski definition) is 5. The molecule has 0 spiro atoms. The number of pyridine rings is 2. The molecule has 6 aromatic rings. The largest absolute Gasteiger partial charge is 0.344 e. The van der Waals surface area contributed by atoms with Crippen LogP contribution in [0.3, 0.4) is 0 Å². The Morgan fingerprint density at radius 2 is 1.79 bits per heavy atom. The van der Waals surface area contributed by atoms with Crippen LogP contribution in [0.1, 0.15) is 45.8 Å². The van der Waals surface area contributed by atoms with E-state index in [0.717, 1.165) is 0 Å². The highest BCUT2D eigenvalue weighted by molar-refractivity contribution is 6.01. The van der Waals surface area contributed by atoms with Crippen molar-refractivity contribution in [1.82, 2.24) is 29.0 Å². The Hall–Kier alpha value is -5.75. The number of carbonyl (C=O) groups is 1. The van der Waals surface area contributed by atoms with Gasteiger partial charge in [0.25, 0.3) is 11.5 Å². The van der Waals surface area contributed by atoms with Gasteiger partial charge < -0.3 is 9.88 Å². The minimum absolute atomic E-state index is 0.127. The first-order chi connectivity index (χ1) is 20.3. The lowest BCUT2D eigenvalue weighted by atomic mass is 10.0. The lowest BCUT2D eigenvalue weighted by Crippen LogP contribution is -2.32. The normalized spacial score (nSPS) is 11.7. The highest BCUT2D eigenvalue weighted by Gasteiger charge is 2.23. The topological polar surface area (TPSA) is 103 Å². The lowest BCUT2D eigenvalue weighted by Gasteiger charge is -2.21. The molecule has 0 bridgehead atoms. The summed E-state index contributed by atoms with van der Waals surface area (Å²) in [4.78, 5) is 43.9. The Morgan fingerprint density at radius 3 is 2.57 bits per heavy atom. The second-order valence-corrected chi connectivity index (χ2v) is 9.98. The first-order valence-corrected chi connectivity index (χ1v) is 13.4. The zero-order chi connectivity index (χ0) is 29.4. The highest BCUT2D eigenvalue weighted by atomic mass is 16.2. The predicted octanol–water partition coefficient (Wildman–Crippen LogP) is 3.93. The average Bonchev–Trinajstić information content (AvgIpc) is 3.33. The van der Waals surface area contributed by atoms with Crippen molar-refractivity contribution in [3.8, 4) is 17.5 Å². The Labute approximate surface area is 240 Å². The van der Waals surface area contributed by atoms with Crippen molar-refractivity contribution >= 4 is 22.3 Å². The summed E-state index contributed by atoms with van der Waals surface area (Å²) < 4.78 is 4.65. The van der Waals surface area contributed by atoms with Gasteiger partial charge in [0.2, 0.25) is 5.56 Å². The van der Waals surface area contributed by atoms with Gasteiger partial charge in [-0.3, -0.25) is 19.0 Å². The summed E-state index contributed by atoms with van der Waals surface area (Å²) in [7, 11) is 1.67. The van der Waals surface area contributed by atoms with Gasteiger partial charge in [-0.05, 0) is 55.6 Å². The molecule has 2 aromatic carbocycles. The molecule has 9 nitrogen and oxygen atoms in total. The van der Waals surface area contributed by atoms with Gasteiger partial charge in [-0.1, -0.05) is 42.2 Å². The van der Waals surface area contributed by atoms with Crippen molar-refractivity contribution in [2.45, 2.75) is 19.9 Å². The number of benzene rings is 2. The highest BCUT2D eigenvalue weighted by Crippen LogP contribution is 2.24. The summed E-state index contributed by atoms with van der Waals surface area (Å²) in [5.41, 5.74) is 3.50. The second-order valence-electron chi connectivity index (χ2n) is 9.98. The molecule has 9 heteroatoms. The summed E-state index contributed by atoms with van der Waals surface area (Å²) in [5, 5.41) is 8.62. The fourth-order valence-electron chi connectivity index (χ4n) is 5.06. The average molecular weight is 555 g/mol. The van der Waals surface area contributed by atoms with E-state index in [4.69, 9.17) is 0 Å². The Kier molecular flexibility index (Phi) is 6.73. The number of nitrogens with zero attached hydrogens (tertiary/aromatic N) is 5. The van der Waals surface area contributed by atoms with Crippen LogP contribution < -0.4 is 16.4 Å². The Balaban J connectivity index is 1.47. The van der Waals surface area contributed by atoms with Gasteiger partial charge in [-0.15, -0.1) is 0 Å². The van der Waals surface area contributed by atoms with E-state index in [2.05, 4.69) is 27.2 Å². The molecule has 0 radical (unpaired) electrons. The lowest BCUT2D eigenvalue weighted by molar-refractivity contribution is 0.0939. The van der Waals surface area contributed by atoms with Crippen molar-refractivity contribution in [3.63, 3.8) is 0 Å². The zero-order valence-corrected chi connectivity index (χ0v) is 23.2. The van der Waals surface area contributed by atoms with Gasteiger partial charge in [0, 0.05) is 54.2 Å². The van der Waals surface area contributed by atoms with Crippen molar-refractivity contribution in [2.24, 2.45) is 7.05 Å². The minimum Gasteiger partial charge on any atom is -0.344 e. The number of nitrogens with one attached hydrogen (secondary N) is 1. The van der Waals surface area contributed by atoms with E-state index in [0.29, 0.717) is 50.2 Å². The molecule has 0 fully saturated rings. The molecule has 206 valence electrons. The van der Waals surface area contributed by atoms with Crippen LogP contribution in [0.5, 0.6) is 0 Å². The summed E-state index contributed by atoms with van der Waals surface area (Å²) in [5.74, 6) is 5.87. The number of hydrogen-bond donors (Lipinski definition) is 1. The molecular formula is C33H26N6O3. The van der Waals surface area contributed by atoms with Crippen LogP contribution in [0.2, 0.25) is 0 Å². The van der Waals surface area contributed by atoms with Gasteiger partial charge in [0.1, 0.15) is 5.56 Å². The first-order valence-electron chi connectivity index (χ1n) is 13.4. The number of aromatic nitrogens is 5. The minimum atomic E-state index is -0.548. The first kappa shape index (κ1) is 26.5. The van der Waals surface area contributed by atoms with Gasteiger partial charge in [0.15, 0.2) is 5.65 Å². The van der Waals surface area contributed by atoms with E-state index < -0.39 is 6.04 Å². The van der Waals surface area contributed by atoms with Gasteiger partial charge in [-0.2, -0.15) is 5.10 Å². The van der Waals surface area contributed by atoms with E-state index in [1.807, 2.05) is 55.5 Å². The SMILES string of the molecule is Cc1nn2cccnc2c1C(=O)N[C@@H](C)c1cc2cccc(C#Cc3ccc(=O)n(C)c3)c2c(=O)n1-c1ccccc1. The number of para-hydroxylation sites is 1. The van der Waals surface area contributed by atoms with Crippen LogP contribution in [0, 0.1) is 18.8 Å². The van der Waals surface area contributed by atoms with Crippen LogP contribution in [0.25, 0.3) is 22.1 Å². The number of amides is 1. The molecule has 1 N–H and O–H groups in total. The number of aryl methyl sites for hydroxylation is 2. The number of fused-ring (bicyclic) bond motifs is 2. The van der Waals surface area contributed by atoms with Gasteiger partial charge >= 0.3 is 0 Å². The van der Waals surface area contributed by atoms with Crippen LogP contribution >= 0.6 is 0 Å². The van der Waals surface area contributed by atoms with Crippen molar-refractivity contribution < 1.29 is 4.79 Å². The van der Waals surface area contributed by atoms with Crippen LogP contribution in [0.4, 0.5) is 0 Å². The van der Waals surface area contributed by atoms with E-state index >= 15 is 0 Å². The van der Waals surface area contributed by atoms with Gasteiger partial charge in [-0.25, -0.2) is 9.50 Å². The summed E-state index contributed by atoms with van der Waals surface area (Å²) in [6, 6.07) is 21.0. The molecule has 42 heavy (non-hydrogen) atoms. The van der Waals surface area contributed by atoms with Crippen molar-refractivity contribution in [2.75, 3.05) is 0 Å². The third-order valence-electron chi connectivity index (χ3n) is 7.11. The molecule has 4 aromatic heterocycles. The third-order valence-corrected chi connectivity index (χ3v) is 7.11. The van der Waals surface area contributed by atoms with Crippen LogP contribution in [-0.2, 0) is 7.05 Å². The van der Waals surface area contributed by atoms with E-state index in [1.54, 1.807) is 59.8 Å². The fraction of sp³-hybridized carbons (Fsp3) is 0.121. The maximum Gasteiger partial charge on any atom is 0.264 e. The maximum absolute atomic E-state index is 14.2. The monoisotopic (exact) mass is 554 g/mol. The summed E-state index contributed by atoms with van der Waals surface area (Å²) in [6.07, 6.45) is 5.02. The smallest absolute Gasteiger partial charge is 0.264 e. The van der Waals surface area contributed by atoms with E-state index in [9.17, 15) is 14.4 Å². The van der Waals surface area contributed by atoms with Crippen LogP contribution in [0.15, 0.2) is 101 Å². The molecule has 0 aliphatic heterocycles.